The van der Waals surface area contributed by atoms with E-state index in [0.717, 1.165) is 19.3 Å². The highest BCUT2D eigenvalue weighted by Gasteiger charge is 2.65. The Hall–Kier alpha value is -1.46. The summed E-state index contributed by atoms with van der Waals surface area (Å²) >= 11 is 0. The molecule has 0 spiro atoms. The third kappa shape index (κ3) is 4.77. The van der Waals surface area contributed by atoms with E-state index >= 15 is 0 Å². The zero-order valence-corrected chi connectivity index (χ0v) is 22.4. The monoisotopic (exact) mass is 548 g/mol. The second-order valence-electron chi connectivity index (χ2n) is 12.4. The predicted octanol–water partition coefficient (Wildman–Crippen LogP) is 3.80. The molecule has 37 heavy (non-hydrogen) atoms. The van der Waals surface area contributed by atoms with Crippen molar-refractivity contribution in [1.29, 1.82) is 0 Å². The van der Waals surface area contributed by atoms with Crippen molar-refractivity contribution >= 4 is 27.7 Å². The van der Waals surface area contributed by atoms with Crippen molar-refractivity contribution in [3.05, 3.63) is 0 Å². The molecule has 11 heteroatoms. The van der Waals surface area contributed by atoms with E-state index in [0.29, 0.717) is 32.1 Å². The van der Waals surface area contributed by atoms with Gasteiger partial charge in [-0.05, 0) is 67.1 Å². The molecule has 0 radical (unpaired) electrons. The van der Waals surface area contributed by atoms with Crippen LogP contribution in [0.15, 0.2) is 0 Å². The lowest BCUT2D eigenvalue weighted by molar-refractivity contribution is -0.178. The molecule has 0 aromatic carbocycles. The molecule has 2 N–H and O–H groups in total. The third-order valence-electron chi connectivity index (χ3n) is 10.7. The van der Waals surface area contributed by atoms with Gasteiger partial charge in [0.25, 0.3) is 0 Å². The van der Waals surface area contributed by atoms with Crippen molar-refractivity contribution in [2.45, 2.75) is 89.9 Å². The van der Waals surface area contributed by atoms with E-state index in [1.54, 1.807) is 0 Å². The van der Waals surface area contributed by atoms with E-state index in [-0.39, 0.29) is 58.9 Å². The quantitative estimate of drug-likeness (QED) is 0.362. The topological polar surface area (TPSA) is 135 Å². The number of ketones is 2. The lowest BCUT2D eigenvalue weighted by Crippen LogP contribution is -2.61. The zero-order valence-electron chi connectivity index (χ0n) is 21.6. The second-order valence-corrected chi connectivity index (χ2v) is 14.0. The van der Waals surface area contributed by atoms with E-state index in [1.165, 1.54) is 0 Å². The highest BCUT2D eigenvalue weighted by atomic mass is 32.2. The summed E-state index contributed by atoms with van der Waals surface area (Å²) in [6.07, 6.45) is 3.60. The molecule has 0 heterocycles. The van der Waals surface area contributed by atoms with Crippen molar-refractivity contribution in [2.75, 3.05) is 6.61 Å². The van der Waals surface area contributed by atoms with Gasteiger partial charge in [-0.25, -0.2) is 0 Å². The summed E-state index contributed by atoms with van der Waals surface area (Å²) in [4.78, 5) is 37.6. The molecule has 0 aromatic heterocycles. The summed E-state index contributed by atoms with van der Waals surface area (Å²) in [5, 5.41) is 6.96. The van der Waals surface area contributed by atoms with Gasteiger partial charge >= 0.3 is 21.3 Å². The number of fused-ring (bicyclic) bond motifs is 5. The van der Waals surface area contributed by atoms with Crippen LogP contribution in [0.25, 0.3) is 0 Å². The van der Waals surface area contributed by atoms with Gasteiger partial charge in [0.05, 0.1) is 6.10 Å². The maximum Gasteiger partial charge on any atom is 0.402 e. The predicted molar refractivity (Wildman–Crippen MR) is 128 cm³/mol. The Balaban J connectivity index is 1.44. The number of halogens is 2. The van der Waals surface area contributed by atoms with Gasteiger partial charge in [0.2, 0.25) is 0 Å². The third-order valence-corrected chi connectivity index (χ3v) is 11.6. The number of Topliss-reactive ketones (excluding diaryl/α,β-unsaturated/α-hetero) is 2. The van der Waals surface area contributed by atoms with Gasteiger partial charge in [0.1, 0.15) is 11.6 Å². The van der Waals surface area contributed by atoms with Gasteiger partial charge < -0.3 is 9.84 Å². The smallest absolute Gasteiger partial charge is 0.402 e. The van der Waals surface area contributed by atoms with Gasteiger partial charge in [-0.2, -0.15) is 17.2 Å². The summed E-state index contributed by atoms with van der Waals surface area (Å²) in [6.45, 7) is 4.40. The maximum absolute atomic E-state index is 13.5. The van der Waals surface area contributed by atoms with Crippen LogP contribution in [0, 0.1) is 46.3 Å². The minimum atomic E-state index is -5.68. The molecule has 4 rings (SSSR count). The Kier molecular flexibility index (Phi) is 7.42. The first-order chi connectivity index (χ1) is 17.0. The fraction of sp³-hybridized carbons (Fsp3) is 0.885. The number of aliphatic hydroxyl groups excluding tert-OH is 1. The van der Waals surface area contributed by atoms with Crippen LogP contribution in [0.4, 0.5) is 8.78 Å². The van der Waals surface area contributed by atoms with E-state index < -0.39 is 39.5 Å². The normalized spacial score (nSPS) is 40.9. The Morgan fingerprint density at radius 3 is 2.51 bits per heavy atom. The lowest BCUT2D eigenvalue weighted by Gasteiger charge is -2.61. The lowest BCUT2D eigenvalue weighted by atomic mass is 9.43. The van der Waals surface area contributed by atoms with Crippen LogP contribution in [0.5, 0.6) is 0 Å². The average molecular weight is 549 g/mol. The van der Waals surface area contributed by atoms with E-state index in [2.05, 4.69) is 11.7 Å². The number of carbonyl (C=O) groups is 3. The van der Waals surface area contributed by atoms with E-state index in [1.807, 2.05) is 13.8 Å². The van der Waals surface area contributed by atoms with Gasteiger partial charge in [0, 0.05) is 37.0 Å². The Bertz CT molecular complexity index is 1060. The molecular weight excluding hydrogens is 510 g/mol. The van der Waals surface area contributed by atoms with E-state index in [9.17, 15) is 36.7 Å². The summed E-state index contributed by atoms with van der Waals surface area (Å²) in [5.41, 5.74) is -0.682. The summed E-state index contributed by atoms with van der Waals surface area (Å²) in [7, 11) is -5.68. The standard InChI is InChI=1S/C26H38F2O8S/c1-14(4-7-22(32)36-13-26(27,28)37(33,34)35)17-5-6-18-23-19(12-21(31)25(17,18)3)24(2)9-8-16(29)10-15(24)11-20(23)30/h14-15,17-19,21,23,31H,4-13H2,1-3H3,(H,33,34,35)/t14-,15+,17-,18+,19+,21?,23+,24+,25-/m1/s1. The summed E-state index contributed by atoms with van der Waals surface area (Å²) in [5.74, 6) is -0.747. The number of esters is 1. The minimum absolute atomic E-state index is 0.00277. The average Bonchev–Trinajstić information content (AvgIpc) is 3.16. The van der Waals surface area contributed by atoms with Crippen molar-refractivity contribution in [3.8, 4) is 0 Å². The van der Waals surface area contributed by atoms with Crippen molar-refractivity contribution in [2.24, 2.45) is 46.3 Å². The Morgan fingerprint density at radius 2 is 1.86 bits per heavy atom. The molecule has 9 atom stereocenters. The number of rotatable bonds is 7. The highest BCUT2D eigenvalue weighted by molar-refractivity contribution is 7.86. The van der Waals surface area contributed by atoms with Crippen LogP contribution >= 0.6 is 0 Å². The molecule has 8 nitrogen and oxygen atoms in total. The number of hydrogen-bond donors (Lipinski definition) is 2. The van der Waals surface area contributed by atoms with Crippen LogP contribution in [0.3, 0.4) is 0 Å². The molecule has 0 aliphatic heterocycles. The van der Waals surface area contributed by atoms with E-state index in [4.69, 9.17) is 4.55 Å². The molecule has 1 unspecified atom stereocenters. The maximum atomic E-state index is 13.5. The van der Waals surface area contributed by atoms with Crippen molar-refractivity contribution < 1.29 is 46.0 Å². The number of alkyl halides is 2. The summed E-state index contributed by atoms with van der Waals surface area (Å²) in [6, 6.07) is 0. The van der Waals surface area contributed by atoms with Crippen LogP contribution in [-0.4, -0.2) is 53.6 Å². The Morgan fingerprint density at radius 1 is 1.19 bits per heavy atom. The first kappa shape index (κ1) is 28.5. The molecule has 0 bridgehead atoms. The largest absolute Gasteiger partial charge is 0.458 e. The van der Waals surface area contributed by atoms with Gasteiger partial charge in [-0.15, -0.1) is 0 Å². The minimum Gasteiger partial charge on any atom is -0.458 e. The molecule has 0 amide bonds. The SMILES string of the molecule is C[C@H](CCC(=O)OCC(F)(F)S(=O)(=O)O)[C@H]1CC[C@H]2[C@@H]3C(=O)C[C@@H]4CC(=O)CC[C@]4(C)[C@H]3CC(O)[C@]12C. The number of ether oxygens (including phenoxy) is 1. The molecule has 210 valence electrons. The molecule has 4 fully saturated rings. The Labute approximate surface area is 216 Å². The molecule has 0 aromatic rings. The fourth-order valence-electron chi connectivity index (χ4n) is 8.52. The van der Waals surface area contributed by atoms with Gasteiger partial charge in [0.15, 0.2) is 6.61 Å². The first-order valence-corrected chi connectivity index (χ1v) is 14.7. The number of aliphatic hydroxyl groups is 1. The van der Waals surface area contributed by atoms with Crippen LogP contribution < -0.4 is 0 Å². The fourth-order valence-corrected chi connectivity index (χ4v) is 8.73. The first-order valence-electron chi connectivity index (χ1n) is 13.2. The van der Waals surface area contributed by atoms with Crippen molar-refractivity contribution in [1.82, 2.24) is 0 Å². The van der Waals surface area contributed by atoms with Gasteiger partial charge in [-0.3, -0.25) is 18.9 Å². The van der Waals surface area contributed by atoms with Crippen LogP contribution in [0.1, 0.15) is 78.6 Å². The molecule has 4 saturated carbocycles. The summed E-state index contributed by atoms with van der Waals surface area (Å²) < 4.78 is 61.0. The zero-order chi connectivity index (χ0) is 27.6. The van der Waals surface area contributed by atoms with Crippen molar-refractivity contribution in [3.63, 3.8) is 0 Å². The second kappa shape index (κ2) is 9.62. The molecule has 0 saturated heterocycles. The molecule has 4 aliphatic rings. The number of hydrogen-bond acceptors (Lipinski definition) is 7. The number of carbonyl (C=O) groups excluding carboxylic acids is 3. The van der Waals surface area contributed by atoms with Crippen LogP contribution in [0.2, 0.25) is 0 Å². The van der Waals surface area contributed by atoms with Gasteiger partial charge in [-0.1, -0.05) is 20.8 Å². The molecule has 4 aliphatic carbocycles. The van der Waals surface area contributed by atoms with Crippen LogP contribution in [-0.2, 0) is 29.2 Å². The highest BCUT2D eigenvalue weighted by Crippen LogP contribution is 2.67. The molecular formula is C26H38F2O8S.